The summed E-state index contributed by atoms with van der Waals surface area (Å²) in [5.74, 6) is 1.70. The molecule has 2 heterocycles. The van der Waals surface area contributed by atoms with Gasteiger partial charge in [-0.15, -0.1) is 35.3 Å². The third-order valence-electron chi connectivity index (χ3n) is 4.57. The molecule has 1 unspecified atom stereocenters. The van der Waals surface area contributed by atoms with Crippen molar-refractivity contribution in [1.29, 1.82) is 0 Å². The van der Waals surface area contributed by atoms with Gasteiger partial charge in [-0.3, -0.25) is 4.99 Å². The van der Waals surface area contributed by atoms with Gasteiger partial charge in [0, 0.05) is 35.5 Å². The van der Waals surface area contributed by atoms with E-state index in [9.17, 15) is 0 Å². The maximum atomic E-state index is 6.08. The highest BCUT2D eigenvalue weighted by atomic mass is 127. The van der Waals surface area contributed by atoms with Crippen LogP contribution in [0, 0.1) is 13.8 Å². The summed E-state index contributed by atoms with van der Waals surface area (Å²) in [7, 11) is 1.79. The molecule has 1 aliphatic heterocycles. The van der Waals surface area contributed by atoms with Gasteiger partial charge >= 0.3 is 0 Å². The second-order valence-electron chi connectivity index (χ2n) is 6.85. The highest BCUT2D eigenvalue weighted by Crippen LogP contribution is 2.22. The minimum absolute atomic E-state index is 0. The molecule has 0 bridgehead atoms. The number of hydrogen-bond donors (Lipinski definition) is 2. The van der Waals surface area contributed by atoms with Gasteiger partial charge in [0.05, 0.1) is 12.6 Å². The maximum absolute atomic E-state index is 6.08. The SMILES string of the molecule is CN=C(NCc1ccc(C)s1)NCc1ccc(C)cc1OCC1CCCO1.I. The van der Waals surface area contributed by atoms with Crippen molar-refractivity contribution >= 4 is 41.3 Å². The number of hydrogen-bond acceptors (Lipinski definition) is 4. The lowest BCUT2D eigenvalue weighted by molar-refractivity contribution is 0.0676. The van der Waals surface area contributed by atoms with E-state index in [1.54, 1.807) is 18.4 Å². The number of aliphatic imine (C=N–C) groups is 1. The van der Waals surface area contributed by atoms with E-state index in [1.165, 1.54) is 15.3 Å². The summed E-state index contributed by atoms with van der Waals surface area (Å²) in [5, 5.41) is 6.75. The molecule has 0 aliphatic carbocycles. The van der Waals surface area contributed by atoms with E-state index in [1.807, 2.05) is 0 Å². The molecule has 1 fully saturated rings. The van der Waals surface area contributed by atoms with Crippen molar-refractivity contribution in [3.8, 4) is 5.75 Å². The Morgan fingerprint density at radius 3 is 2.71 bits per heavy atom. The van der Waals surface area contributed by atoms with Gasteiger partial charge < -0.3 is 20.1 Å². The Labute approximate surface area is 189 Å². The van der Waals surface area contributed by atoms with Gasteiger partial charge in [0.15, 0.2) is 5.96 Å². The molecular formula is C21H30IN3O2S. The van der Waals surface area contributed by atoms with E-state index < -0.39 is 0 Å². The number of halogens is 1. The topological polar surface area (TPSA) is 54.9 Å². The van der Waals surface area contributed by atoms with Crippen molar-refractivity contribution in [3.05, 3.63) is 51.2 Å². The molecule has 1 aromatic carbocycles. The van der Waals surface area contributed by atoms with Gasteiger partial charge in [-0.1, -0.05) is 12.1 Å². The molecule has 2 aromatic rings. The zero-order valence-electron chi connectivity index (χ0n) is 16.8. The molecule has 3 rings (SSSR count). The molecule has 1 atom stereocenters. The maximum Gasteiger partial charge on any atom is 0.191 e. The first-order chi connectivity index (χ1) is 13.1. The zero-order chi connectivity index (χ0) is 19.1. The fourth-order valence-corrected chi connectivity index (χ4v) is 3.88. The Hall–Kier alpha value is -1.32. The predicted molar refractivity (Wildman–Crippen MR) is 127 cm³/mol. The van der Waals surface area contributed by atoms with Crippen LogP contribution in [-0.2, 0) is 17.8 Å². The molecule has 1 aromatic heterocycles. The number of ether oxygens (including phenoxy) is 2. The van der Waals surface area contributed by atoms with E-state index in [0.29, 0.717) is 13.2 Å². The Balaban J connectivity index is 0.00000280. The average molecular weight is 515 g/mol. The molecule has 28 heavy (non-hydrogen) atoms. The highest BCUT2D eigenvalue weighted by molar-refractivity contribution is 14.0. The summed E-state index contributed by atoms with van der Waals surface area (Å²) in [6, 6.07) is 10.6. The minimum atomic E-state index is 0. The molecule has 0 radical (unpaired) electrons. The monoisotopic (exact) mass is 515 g/mol. The van der Waals surface area contributed by atoms with E-state index in [4.69, 9.17) is 9.47 Å². The van der Waals surface area contributed by atoms with Crippen molar-refractivity contribution in [2.24, 2.45) is 4.99 Å². The van der Waals surface area contributed by atoms with Crippen LogP contribution in [0.3, 0.4) is 0 Å². The number of thiophene rings is 1. The quantitative estimate of drug-likeness (QED) is 0.326. The molecule has 7 heteroatoms. The van der Waals surface area contributed by atoms with Crippen LogP contribution in [0.4, 0.5) is 0 Å². The summed E-state index contributed by atoms with van der Waals surface area (Å²) in [4.78, 5) is 6.94. The van der Waals surface area contributed by atoms with Crippen LogP contribution >= 0.6 is 35.3 Å². The summed E-state index contributed by atoms with van der Waals surface area (Å²) in [6.07, 6.45) is 2.43. The second-order valence-corrected chi connectivity index (χ2v) is 8.22. The van der Waals surface area contributed by atoms with Crippen LogP contribution in [0.15, 0.2) is 35.3 Å². The number of guanidine groups is 1. The predicted octanol–water partition coefficient (Wildman–Crippen LogP) is 4.41. The molecule has 0 amide bonds. The van der Waals surface area contributed by atoms with E-state index in [2.05, 4.69) is 59.8 Å². The van der Waals surface area contributed by atoms with Crippen LogP contribution in [-0.4, -0.2) is 32.3 Å². The summed E-state index contributed by atoms with van der Waals surface area (Å²) in [6.45, 7) is 7.10. The first kappa shape index (κ1) is 23.0. The van der Waals surface area contributed by atoms with E-state index in [-0.39, 0.29) is 30.1 Å². The normalized spacial score (nSPS) is 16.5. The number of benzene rings is 1. The van der Waals surface area contributed by atoms with Crippen LogP contribution in [0.25, 0.3) is 0 Å². The zero-order valence-corrected chi connectivity index (χ0v) is 19.9. The van der Waals surface area contributed by atoms with E-state index >= 15 is 0 Å². The summed E-state index contributed by atoms with van der Waals surface area (Å²) >= 11 is 1.80. The molecule has 1 aliphatic rings. The smallest absolute Gasteiger partial charge is 0.191 e. The standard InChI is InChI=1S/C21H29N3O2S.HI/c1-15-6-8-17(20(11-15)26-14-18-5-4-10-25-18)12-23-21(22-3)24-13-19-9-7-16(2)27-19;/h6-9,11,18H,4-5,10,12-14H2,1-3H3,(H2,22,23,24);1H. The lowest BCUT2D eigenvalue weighted by Crippen LogP contribution is -2.36. The fourth-order valence-electron chi connectivity index (χ4n) is 3.05. The molecule has 0 saturated carbocycles. The van der Waals surface area contributed by atoms with Crippen LogP contribution in [0.2, 0.25) is 0 Å². The first-order valence-corrected chi connectivity index (χ1v) is 10.3. The summed E-state index contributed by atoms with van der Waals surface area (Å²) in [5.41, 5.74) is 2.31. The molecule has 5 nitrogen and oxygen atoms in total. The van der Waals surface area contributed by atoms with Crippen LogP contribution in [0.1, 0.15) is 33.7 Å². The molecular weight excluding hydrogens is 485 g/mol. The Bertz CT molecular complexity index is 773. The van der Waals surface area contributed by atoms with Crippen molar-refractivity contribution in [3.63, 3.8) is 0 Å². The number of rotatable bonds is 7. The number of aryl methyl sites for hydroxylation is 2. The van der Waals surface area contributed by atoms with Crippen molar-refractivity contribution in [2.75, 3.05) is 20.3 Å². The van der Waals surface area contributed by atoms with Crippen molar-refractivity contribution < 1.29 is 9.47 Å². The van der Waals surface area contributed by atoms with Crippen LogP contribution in [0.5, 0.6) is 5.75 Å². The number of nitrogens with one attached hydrogen (secondary N) is 2. The van der Waals surface area contributed by atoms with Crippen LogP contribution < -0.4 is 15.4 Å². The Kier molecular flexibility index (Phi) is 9.53. The lowest BCUT2D eigenvalue weighted by atomic mass is 10.1. The fraction of sp³-hybridized carbons (Fsp3) is 0.476. The van der Waals surface area contributed by atoms with Gasteiger partial charge in [-0.05, 0) is 50.5 Å². The molecule has 2 N–H and O–H groups in total. The second kappa shape index (κ2) is 11.6. The summed E-state index contributed by atoms with van der Waals surface area (Å²) < 4.78 is 11.7. The Morgan fingerprint density at radius 2 is 2.04 bits per heavy atom. The largest absolute Gasteiger partial charge is 0.491 e. The van der Waals surface area contributed by atoms with Gasteiger partial charge in [0.2, 0.25) is 0 Å². The van der Waals surface area contributed by atoms with Crippen molar-refractivity contribution in [1.82, 2.24) is 10.6 Å². The minimum Gasteiger partial charge on any atom is -0.491 e. The molecule has 0 spiro atoms. The first-order valence-electron chi connectivity index (χ1n) is 9.48. The van der Waals surface area contributed by atoms with Gasteiger partial charge in [0.25, 0.3) is 0 Å². The van der Waals surface area contributed by atoms with Crippen molar-refractivity contribution in [2.45, 2.75) is 45.9 Å². The molecule has 154 valence electrons. The average Bonchev–Trinajstić information content (AvgIpc) is 3.33. The lowest BCUT2D eigenvalue weighted by Gasteiger charge is -2.17. The van der Waals surface area contributed by atoms with Gasteiger partial charge in [0.1, 0.15) is 12.4 Å². The van der Waals surface area contributed by atoms with Gasteiger partial charge in [-0.25, -0.2) is 0 Å². The third kappa shape index (κ3) is 6.93. The number of nitrogens with zero attached hydrogens (tertiary/aromatic N) is 1. The van der Waals surface area contributed by atoms with E-state index in [0.717, 1.165) is 43.3 Å². The third-order valence-corrected chi connectivity index (χ3v) is 5.57. The Morgan fingerprint density at radius 1 is 1.21 bits per heavy atom. The highest BCUT2D eigenvalue weighted by Gasteiger charge is 2.17. The van der Waals surface area contributed by atoms with Gasteiger partial charge in [-0.2, -0.15) is 0 Å². The molecule has 1 saturated heterocycles.